The summed E-state index contributed by atoms with van der Waals surface area (Å²) in [6, 6.07) is 6.59. The molecule has 21 heavy (non-hydrogen) atoms. The lowest BCUT2D eigenvalue weighted by molar-refractivity contribution is 0.182. The number of aromatic nitrogens is 2. The molecule has 1 unspecified atom stereocenters. The van der Waals surface area contributed by atoms with Gasteiger partial charge in [0.2, 0.25) is 0 Å². The van der Waals surface area contributed by atoms with Gasteiger partial charge in [0.25, 0.3) is 0 Å². The molecule has 0 amide bonds. The van der Waals surface area contributed by atoms with E-state index in [1.165, 1.54) is 12.1 Å². The topological polar surface area (TPSA) is 65.1 Å². The Labute approximate surface area is 123 Å². The van der Waals surface area contributed by atoms with E-state index in [1.807, 2.05) is 23.4 Å². The summed E-state index contributed by atoms with van der Waals surface area (Å²) in [5.41, 5.74) is 1.41. The summed E-state index contributed by atoms with van der Waals surface area (Å²) in [4.78, 5) is 6.49. The van der Waals surface area contributed by atoms with Crippen LogP contribution in [0.25, 0.3) is 11.0 Å². The van der Waals surface area contributed by atoms with Gasteiger partial charge in [-0.2, -0.15) is 5.26 Å². The number of rotatable bonds is 6. The van der Waals surface area contributed by atoms with Gasteiger partial charge in [0, 0.05) is 19.2 Å². The van der Waals surface area contributed by atoms with Gasteiger partial charge in [0.05, 0.1) is 36.2 Å². The van der Waals surface area contributed by atoms with Crippen molar-refractivity contribution in [2.45, 2.75) is 25.9 Å². The van der Waals surface area contributed by atoms with Crippen LogP contribution >= 0.6 is 0 Å². The number of fused-ring (bicyclic) bond motifs is 1. The van der Waals surface area contributed by atoms with Crippen molar-refractivity contribution < 1.29 is 9.50 Å². The lowest BCUT2D eigenvalue weighted by atomic mass is 10.2. The van der Waals surface area contributed by atoms with E-state index >= 15 is 0 Å². The minimum absolute atomic E-state index is 0.0358. The average molecular weight is 290 g/mol. The van der Waals surface area contributed by atoms with Crippen LogP contribution in [0.5, 0.6) is 0 Å². The normalized spacial score (nSPS) is 12.8. The Hall–Kier alpha value is -1.97. The predicted octanol–water partition coefficient (Wildman–Crippen LogP) is 2.07. The van der Waals surface area contributed by atoms with E-state index in [2.05, 4.69) is 11.1 Å². The fraction of sp³-hybridized carbons (Fsp3) is 0.467. The van der Waals surface area contributed by atoms with Gasteiger partial charge in [-0.15, -0.1) is 0 Å². The Morgan fingerprint density at radius 1 is 1.52 bits per heavy atom. The second-order valence-electron chi connectivity index (χ2n) is 5.04. The van der Waals surface area contributed by atoms with Gasteiger partial charge >= 0.3 is 0 Å². The Kier molecular flexibility index (Phi) is 4.89. The van der Waals surface area contributed by atoms with E-state index in [0.29, 0.717) is 25.0 Å². The lowest BCUT2D eigenvalue weighted by Crippen LogP contribution is -2.27. The maximum absolute atomic E-state index is 13.4. The highest BCUT2D eigenvalue weighted by Gasteiger charge is 2.20. The van der Waals surface area contributed by atoms with Crippen molar-refractivity contribution in [1.29, 1.82) is 5.26 Å². The van der Waals surface area contributed by atoms with E-state index in [0.717, 1.165) is 11.3 Å². The number of imidazole rings is 1. The van der Waals surface area contributed by atoms with Gasteiger partial charge in [-0.3, -0.25) is 4.90 Å². The first-order valence-corrected chi connectivity index (χ1v) is 6.92. The van der Waals surface area contributed by atoms with Crippen molar-refractivity contribution in [3.8, 4) is 6.07 Å². The van der Waals surface area contributed by atoms with Gasteiger partial charge in [0.15, 0.2) is 0 Å². The smallest absolute Gasteiger partial charge is 0.127 e. The Balaban J connectivity index is 2.47. The zero-order chi connectivity index (χ0) is 15.4. The maximum atomic E-state index is 13.4. The van der Waals surface area contributed by atoms with Crippen molar-refractivity contribution >= 4 is 11.0 Å². The second-order valence-corrected chi connectivity index (χ2v) is 5.04. The summed E-state index contributed by atoms with van der Waals surface area (Å²) in [7, 11) is 1.90. The SMILES string of the molecule is CC(c1nc2cc(F)ccc2n1CCC#N)N(C)CCO. The third-order valence-electron chi connectivity index (χ3n) is 3.67. The number of hydrogen-bond donors (Lipinski definition) is 1. The molecule has 0 aliphatic carbocycles. The number of hydrogen-bond acceptors (Lipinski definition) is 4. The molecule has 2 rings (SSSR count). The number of benzene rings is 1. The fourth-order valence-electron chi connectivity index (χ4n) is 2.39. The molecule has 0 saturated carbocycles. The molecule has 1 aromatic heterocycles. The van der Waals surface area contributed by atoms with Crippen molar-refractivity contribution in [3.05, 3.63) is 29.8 Å². The average Bonchev–Trinajstić information content (AvgIpc) is 2.82. The van der Waals surface area contributed by atoms with E-state index in [9.17, 15) is 4.39 Å². The first kappa shape index (κ1) is 15.4. The first-order valence-electron chi connectivity index (χ1n) is 6.92. The molecule has 1 aromatic carbocycles. The van der Waals surface area contributed by atoms with E-state index in [1.54, 1.807) is 6.07 Å². The van der Waals surface area contributed by atoms with Crippen molar-refractivity contribution in [1.82, 2.24) is 14.5 Å². The largest absolute Gasteiger partial charge is 0.395 e. The Bertz CT molecular complexity index is 661. The predicted molar refractivity (Wildman–Crippen MR) is 78.1 cm³/mol. The van der Waals surface area contributed by atoms with E-state index in [4.69, 9.17) is 10.4 Å². The molecule has 1 atom stereocenters. The van der Waals surface area contributed by atoms with Gasteiger partial charge in [-0.1, -0.05) is 0 Å². The molecule has 0 radical (unpaired) electrons. The number of aliphatic hydroxyl groups is 1. The van der Waals surface area contributed by atoms with Crippen LogP contribution in [0.4, 0.5) is 4.39 Å². The van der Waals surface area contributed by atoms with Crippen LogP contribution in [-0.2, 0) is 6.54 Å². The minimum Gasteiger partial charge on any atom is -0.395 e. The molecule has 0 saturated heterocycles. The summed E-state index contributed by atoms with van der Waals surface area (Å²) in [5, 5.41) is 17.9. The molecule has 1 heterocycles. The number of nitrogens with zero attached hydrogens (tertiary/aromatic N) is 4. The third kappa shape index (κ3) is 3.20. The number of aryl methyl sites for hydroxylation is 1. The zero-order valence-corrected chi connectivity index (χ0v) is 12.3. The molecular weight excluding hydrogens is 271 g/mol. The van der Waals surface area contributed by atoms with Crippen molar-refractivity contribution in [2.24, 2.45) is 0 Å². The molecule has 112 valence electrons. The van der Waals surface area contributed by atoms with Gasteiger partial charge < -0.3 is 9.67 Å². The van der Waals surface area contributed by atoms with Gasteiger partial charge in [-0.25, -0.2) is 9.37 Å². The van der Waals surface area contributed by atoms with E-state index in [-0.39, 0.29) is 18.5 Å². The molecule has 1 N–H and O–H groups in total. The van der Waals surface area contributed by atoms with Crippen LogP contribution in [0.15, 0.2) is 18.2 Å². The molecule has 0 fully saturated rings. The molecule has 0 spiro atoms. The molecule has 0 bridgehead atoms. The summed E-state index contributed by atoms with van der Waals surface area (Å²) < 4.78 is 15.3. The van der Waals surface area contributed by atoms with Gasteiger partial charge in [0.1, 0.15) is 11.6 Å². The third-order valence-corrected chi connectivity index (χ3v) is 3.67. The van der Waals surface area contributed by atoms with E-state index < -0.39 is 0 Å². The van der Waals surface area contributed by atoms with Crippen LogP contribution in [-0.4, -0.2) is 39.8 Å². The number of nitriles is 1. The number of aliphatic hydroxyl groups excluding tert-OH is 1. The highest BCUT2D eigenvalue weighted by Crippen LogP contribution is 2.24. The van der Waals surface area contributed by atoms with Crippen LogP contribution in [0.2, 0.25) is 0 Å². The van der Waals surface area contributed by atoms with Crippen LogP contribution in [0, 0.1) is 17.1 Å². The highest BCUT2D eigenvalue weighted by atomic mass is 19.1. The number of likely N-dealkylation sites (N-methyl/N-ethyl adjacent to an activating group) is 1. The van der Waals surface area contributed by atoms with Crippen LogP contribution in [0.3, 0.4) is 0 Å². The highest BCUT2D eigenvalue weighted by molar-refractivity contribution is 5.76. The van der Waals surface area contributed by atoms with Crippen molar-refractivity contribution in [3.63, 3.8) is 0 Å². The van der Waals surface area contributed by atoms with Crippen LogP contribution < -0.4 is 0 Å². The lowest BCUT2D eigenvalue weighted by Gasteiger charge is -2.24. The minimum atomic E-state index is -0.324. The summed E-state index contributed by atoms with van der Waals surface area (Å²) in [6.45, 7) is 3.09. The molecule has 2 aromatic rings. The summed E-state index contributed by atoms with van der Waals surface area (Å²) in [6.07, 6.45) is 0.367. The molecule has 0 aliphatic heterocycles. The quantitative estimate of drug-likeness (QED) is 0.884. The zero-order valence-electron chi connectivity index (χ0n) is 12.3. The molecule has 5 nitrogen and oxygen atoms in total. The summed E-state index contributed by atoms with van der Waals surface area (Å²) >= 11 is 0. The van der Waals surface area contributed by atoms with Crippen LogP contribution in [0.1, 0.15) is 25.2 Å². The molecular formula is C15H19FN4O. The monoisotopic (exact) mass is 290 g/mol. The first-order chi connectivity index (χ1) is 10.1. The van der Waals surface area contributed by atoms with Crippen molar-refractivity contribution in [2.75, 3.05) is 20.2 Å². The number of halogens is 1. The molecule has 6 heteroatoms. The summed E-state index contributed by atoms with van der Waals surface area (Å²) in [5.74, 6) is 0.456. The Morgan fingerprint density at radius 3 is 2.95 bits per heavy atom. The molecule has 0 aliphatic rings. The van der Waals surface area contributed by atoms with Gasteiger partial charge in [-0.05, 0) is 26.1 Å². The fourth-order valence-corrected chi connectivity index (χ4v) is 2.39. The standard InChI is InChI=1S/C15H19FN4O/c1-11(19(2)8-9-21)15-18-13-10-12(16)4-5-14(13)20(15)7-3-6-17/h4-5,10-11,21H,3,7-9H2,1-2H3. The Morgan fingerprint density at radius 2 is 2.29 bits per heavy atom. The maximum Gasteiger partial charge on any atom is 0.127 e. The second kappa shape index (κ2) is 6.66.